The lowest BCUT2D eigenvalue weighted by molar-refractivity contribution is 0.0320. The maximum atomic E-state index is 12.9. The lowest BCUT2D eigenvalue weighted by Crippen LogP contribution is -2.35. The molecule has 1 aromatic carbocycles. The molecule has 1 N–H and O–H groups in total. The van der Waals surface area contributed by atoms with Gasteiger partial charge in [0.25, 0.3) is 0 Å². The van der Waals surface area contributed by atoms with Crippen molar-refractivity contribution < 1.29 is 30.2 Å². The van der Waals surface area contributed by atoms with Crippen LogP contribution >= 0.6 is 0 Å². The van der Waals surface area contributed by atoms with E-state index in [1.807, 2.05) is 0 Å². The minimum atomic E-state index is -4.97. The van der Waals surface area contributed by atoms with Crippen molar-refractivity contribution in [3.05, 3.63) is 24.3 Å². The Balaban J connectivity index is 2.93. The van der Waals surface area contributed by atoms with Crippen molar-refractivity contribution in [3.8, 4) is 0 Å². The average Bonchev–Trinajstić information content (AvgIpc) is 2.42. The molecule has 0 bridgehead atoms. The molecule has 1 atom stereocenters. The molecule has 0 aliphatic rings. The molecule has 7 nitrogen and oxygen atoms in total. The Morgan fingerprint density at radius 1 is 1.19 bits per heavy atom. The largest absolute Gasteiger partial charge is 0.382 e. The number of ether oxygens (including phenoxy) is 2. The third-order valence-electron chi connectivity index (χ3n) is 2.58. The molecule has 0 heterocycles. The molecule has 0 saturated carbocycles. The fraction of sp³-hybridized carbons (Fsp3) is 0.455. The summed E-state index contributed by atoms with van der Waals surface area (Å²) in [6, 6.07) is 4.02. The van der Waals surface area contributed by atoms with Gasteiger partial charge < -0.3 is 9.47 Å². The van der Waals surface area contributed by atoms with Gasteiger partial charge in [-0.3, -0.25) is 0 Å². The minimum absolute atomic E-state index is 0.0702. The van der Waals surface area contributed by atoms with E-state index in [9.17, 15) is 20.7 Å². The molecule has 0 fully saturated rings. The number of hydrogen-bond acceptors (Lipinski definition) is 6. The molecular formula is C11H16FNO6S2. The minimum Gasteiger partial charge on any atom is -0.382 e. The number of halogens is 1. The summed E-state index contributed by atoms with van der Waals surface area (Å²) in [6.45, 7) is 0.108. The highest BCUT2D eigenvalue weighted by molar-refractivity contribution is 7.89. The van der Waals surface area contributed by atoms with Gasteiger partial charge in [0.05, 0.1) is 22.5 Å². The molecule has 10 heteroatoms. The Morgan fingerprint density at radius 2 is 1.81 bits per heavy atom. The number of benzene rings is 1. The van der Waals surface area contributed by atoms with E-state index in [4.69, 9.17) is 9.47 Å². The number of methoxy groups -OCH3 is 2. The van der Waals surface area contributed by atoms with Crippen molar-refractivity contribution in [2.75, 3.05) is 27.4 Å². The molecule has 1 aromatic rings. The van der Waals surface area contributed by atoms with E-state index in [0.29, 0.717) is 0 Å². The van der Waals surface area contributed by atoms with Crippen LogP contribution in [0.3, 0.4) is 0 Å². The van der Waals surface area contributed by atoms with Gasteiger partial charge in [-0.15, -0.1) is 3.89 Å². The van der Waals surface area contributed by atoms with Crippen LogP contribution in [0.4, 0.5) is 3.89 Å². The van der Waals surface area contributed by atoms with Crippen LogP contribution in [0.2, 0.25) is 0 Å². The Hall–Kier alpha value is -1.07. The zero-order chi connectivity index (χ0) is 16.1. The third kappa shape index (κ3) is 5.32. The zero-order valence-corrected chi connectivity index (χ0v) is 13.1. The van der Waals surface area contributed by atoms with Crippen molar-refractivity contribution >= 4 is 20.2 Å². The van der Waals surface area contributed by atoms with Crippen LogP contribution in [-0.4, -0.2) is 50.3 Å². The molecule has 1 unspecified atom stereocenters. The summed E-state index contributed by atoms with van der Waals surface area (Å²) in [6.07, 6.45) is -0.502. The first-order valence-corrected chi connectivity index (χ1v) is 8.63. The Morgan fingerprint density at radius 3 is 2.33 bits per heavy atom. The highest BCUT2D eigenvalue weighted by Crippen LogP contribution is 2.17. The Kier molecular flexibility index (Phi) is 6.23. The maximum absolute atomic E-state index is 12.9. The van der Waals surface area contributed by atoms with E-state index in [2.05, 4.69) is 4.72 Å². The van der Waals surface area contributed by atoms with Crippen LogP contribution in [0.25, 0.3) is 0 Å². The number of rotatable bonds is 8. The van der Waals surface area contributed by atoms with Gasteiger partial charge in [0.15, 0.2) is 0 Å². The quantitative estimate of drug-likeness (QED) is 0.682. The van der Waals surface area contributed by atoms with Gasteiger partial charge in [0, 0.05) is 20.8 Å². The zero-order valence-electron chi connectivity index (χ0n) is 11.4. The summed E-state index contributed by atoms with van der Waals surface area (Å²) >= 11 is 0. The highest BCUT2D eigenvalue weighted by Gasteiger charge is 2.20. The first kappa shape index (κ1) is 18.0. The normalized spacial score (nSPS) is 14.0. The molecule has 1 rings (SSSR count). The fourth-order valence-corrected chi connectivity index (χ4v) is 3.17. The predicted octanol–water partition coefficient (Wildman–Crippen LogP) is 0.284. The summed E-state index contributed by atoms with van der Waals surface area (Å²) < 4.78 is 70.6. The van der Waals surface area contributed by atoms with Crippen molar-refractivity contribution in [1.29, 1.82) is 0 Å². The van der Waals surface area contributed by atoms with E-state index in [-0.39, 0.29) is 18.0 Å². The summed E-state index contributed by atoms with van der Waals surface area (Å²) in [7, 11) is -6.11. The van der Waals surface area contributed by atoms with Gasteiger partial charge in [-0.2, -0.15) is 8.42 Å². The Bertz CT molecular complexity index is 674. The van der Waals surface area contributed by atoms with Gasteiger partial charge in [-0.25, -0.2) is 13.1 Å². The standard InChI is InChI=1S/C11H16FNO6S2/c1-18-8-9(19-2)7-13-21(16,17)11-5-3-4-10(6-11)20(12,14)15/h3-6,9,13H,7-8H2,1-2H3. The SMILES string of the molecule is COCC(CNS(=O)(=O)c1cccc(S(=O)(=O)F)c1)OC. The Labute approximate surface area is 123 Å². The molecule has 0 spiro atoms. The van der Waals surface area contributed by atoms with Crippen LogP contribution < -0.4 is 4.72 Å². The summed E-state index contributed by atoms with van der Waals surface area (Å²) in [5.41, 5.74) is 0. The number of sulfonamides is 1. The van der Waals surface area contributed by atoms with E-state index in [0.717, 1.165) is 24.3 Å². The number of nitrogens with one attached hydrogen (secondary N) is 1. The van der Waals surface area contributed by atoms with Crippen LogP contribution in [0.5, 0.6) is 0 Å². The maximum Gasteiger partial charge on any atom is 0.332 e. The monoisotopic (exact) mass is 341 g/mol. The second-order valence-electron chi connectivity index (χ2n) is 4.08. The topological polar surface area (TPSA) is 98.8 Å². The molecular weight excluding hydrogens is 325 g/mol. The predicted molar refractivity (Wildman–Crippen MR) is 72.6 cm³/mol. The van der Waals surface area contributed by atoms with Crippen molar-refractivity contribution in [2.24, 2.45) is 0 Å². The summed E-state index contributed by atoms with van der Waals surface area (Å²) in [5.74, 6) is 0. The molecule has 21 heavy (non-hydrogen) atoms. The van der Waals surface area contributed by atoms with E-state index < -0.39 is 31.2 Å². The summed E-state index contributed by atoms with van der Waals surface area (Å²) in [5, 5.41) is 0. The van der Waals surface area contributed by atoms with Crippen molar-refractivity contribution in [1.82, 2.24) is 4.72 Å². The van der Waals surface area contributed by atoms with Crippen molar-refractivity contribution in [3.63, 3.8) is 0 Å². The second-order valence-corrected chi connectivity index (χ2v) is 7.19. The second kappa shape index (κ2) is 7.27. The molecule has 0 aromatic heterocycles. The van der Waals surface area contributed by atoms with Gasteiger partial charge in [-0.05, 0) is 18.2 Å². The van der Waals surface area contributed by atoms with Gasteiger partial charge >= 0.3 is 10.2 Å². The third-order valence-corrected chi connectivity index (χ3v) is 4.82. The van der Waals surface area contributed by atoms with Crippen molar-refractivity contribution in [2.45, 2.75) is 15.9 Å². The van der Waals surface area contributed by atoms with Crippen LogP contribution in [0, 0.1) is 0 Å². The number of hydrogen-bond donors (Lipinski definition) is 1. The van der Waals surface area contributed by atoms with Crippen LogP contribution in [-0.2, 0) is 29.7 Å². The average molecular weight is 341 g/mol. The molecule has 0 amide bonds. The van der Waals surface area contributed by atoms with E-state index >= 15 is 0 Å². The molecule has 120 valence electrons. The molecule has 0 aliphatic heterocycles. The van der Waals surface area contributed by atoms with E-state index in [1.165, 1.54) is 14.2 Å². The molecule has 0 radical (unpaired) electrons. The van der Waals surface area contributed by atoms with Gasteiger partial charge in [0.2, 0.25) is 10.0 Å². The van der Waals surface area contributed by atoms with Crippen LogP contribution in [0.15, 0.2) is 34.1 Å². The van der Waals surface area contributed by atoms with E-state index in [1.54, 1.807) is 0 Å². The summed E-state index contributed by atoms with van der Waals surface area (Å²) in [4.78, 5) is -1.07. The highest BCUT2D eigenvalue weighted by atomic mass is 32.3. The first-order valence-electron chi connectivity index (χ1n) is 5.77. The lowest BCUT2D eigenvalue weighted by Gasteiger charge is -2.15. The lowest BCUT2D eigenvalue weighted by atomic mass is 10.4. The molecule has 0 saturated heterocycles. The first-order chi connectivity index (χ1) is 9.70. The smallest absolute Gasteiger partial charge is 0.332 e. The van der Waals surface area contributed by atoms with Gasteiger partial charge in [-0.1, -0.05) is 6.07 Å². The van der Waals surface area contributed by atoms with Gasteiger partial charge in [0.1, 0.15) is 0 Å². The van der Waals surface area contributed by atoms with Crippen LogP contribution in [0.1, 0.15) is 0 Å². The fourth-order valence-electron chi connectivity index (χ4n) is 1.48. The molecule has 0 aliphatic carbocycles.